The van der Waals surface area contributed by atoms with Crippen molar-refractivity contribution in [1.82, 2.24) is 0 Å². The van der Waals surface area contributed by atoms with Gasteiger partial charge in [-0.05, 0) is 105 Å². The summed E-state index contributed by atoms with van der Waals surface area (Å²) in [7, 11) is 0. The summed E-state index contributed by atoms with van der Waals surface area (Å²) in [6.45, 7) is 16.5. The van der Waals surface area contributed by atoms with Crippen molar-refractivity contribution in [2.24, 2.45) is 40.4 Å². The molecule has 3 fully saturated rings. The minimum Gasteiger partial charge on any atom is -0.0856 e. The summed E-state index contributed by atoms with van der Waals surface area (Å²) in [6.07, 6.45) is 18.1. The van der Waals surface area contributed by atoms with Crippen molar-refractivity contribution in [2.45, 2.75) is 106 Å². The third-order valence-corrected chi connectivity index (χ3v) is 9.42. The fourth-order valence-corrected chi connectivity index (χ4v) is 8.11. The van der Waals surface area contributed by atoms with Crippen molar-refractivity contribution in [1.29, 1.82) is 0 Å². The Labute approximate surface area is 170 Å². The van der Waals surface area contributed by atoms with Crippen LogP contribution in [0.15, 0.2) is 23.3 Å². The lowest BCUT2D eigenvalue weighted by Crippen LogP contribution is -2.50. The minimum absolute atomic E-state index is 0.545. The minimum atomic E-state index is 0.545. The Hall–Kier alpha value is -0.520. The third kappa shape index (κ3) is 3.38. The first-order chi connectivity index (χ1) is 12.9. The van der Waals surface area contributed by atoms with Gasteiger partial charge in [0.2, 0.25) is 0 Å². The van der Waals surface area contributed by atoms with Crippen LogP contribution in [0.5, 0.6) is 0 Å². The molecule has 0 amide bonds. The van der Waals surface area contributed by atoms with Gasteiger partial charge in [0.1, 0.15) is 0 Å². The highest BCUT2D eigenvalue weighted by Gasteiger charge is 2.58. The standard InChI is InChI=1S/C25H40.C2H6/c1-6-7-18(3)21-10-11-22-20-9-8-19-16-17(2)12-14-24(19,4)23(20)13-15-25(21,22)5;1-2/h7,16-17,20-23H,6,8-15H2,1-5H3;1-2H3/b18-7+;. The molecule has 0 nitrogen and oxygen atoms in total. The maximum atomic E-state index is 2.68. The Bertz CT molecular complexity index is 581. The van der Waals surface area contributed by atoms with Crippen LogP contribution in [-0.2, 0) is 0 Å². The lowest BCUT2D eigenvalue weighted by atomic mass is 9.46. The van der Waals surface area contributed by atoms with Crippen molar-refractivity contribution in [3.63, 3.8) is 0 Å². The van der Waals surface area contributed by atoms with Crippen LogP contribution in [0, 0.1) is 40.4 Å². The number of rotatable bonds is 2. The molecule has 4 rings (SSSR count). The van der Waals surface area contributed by atoms with Crippen molar-refractivity contribution in [3.8, 4) is 0 Å². The van der Waals surface area contributed by atoms with E-state index in [9.17, 15) is 0 Å². The molecule has 154 valence electrons. The van der Waals surface area contributed by atoms with Gasteiger partial charge >= 0.3 is 0 Å². The van der Waals surface area contributed by atoms with E-state index >= 15 is 0 Å². The highest BCUT2D eigenvalue weighted by molar-refractivity contribution is 5.25. The average Bonchev–Trinajstić information content (AvgIpc) is 3.01. The monoisotopic (exact) mass is 370 g/mol. The molecule has 0 bridgehead atoms. The summed E-state index contributed by atoms with van der Waals surface area (Å²) in [5.74, 6) is 4.68. The smallest absolute Gasteiger partial charge is 0.00851 e. The molecule has 0 aromatic heterocycles. The first-order valence-corrected chi connectivity index (χ1v) is 12.3. The Balaban J connectivity index is 0.00000102. The Morgan fingerprint density at radius 1 is 1.04 bits per heavy atom. The molecule has 4 aliphatic rings. The molecule has 0 heteroatoms. The third-order valence-electron chi connectivity index (χ3n) is 9.42. The van der Waals surface area contributed by atoms with Crippen LogP contribution >= 0.6 is 0 Å². The maximum Gasteiger partial charge on any atom is -0.00851 e. The summed E-state index contributed by atoms with van der Waals surface area (Å²) >= 11 is 0. The van der Waals surface area contributed by atoms with Gasteiger partial charge in [0.05, 0.1) is 0 Å². The molecule has 0 aromatic carbocycles. The Morgan fingerprint density at radius 3 is 2.48 bits per heavy atom. The predicted octanol–water partition coefficient (Wildman–Crippen LogP) is 8.58. The van der Waals surface area contributed by atoms with E-state index in [2.05, 4.69) is 46.8 Å². The number of allylic oxidation sites excluding steroid dienone is 4. The van der Waals surface area contributed by atoms with E-state index in [1.807, 2.05) is 19.4 Å². The molecule has 3 saturated carbocycles. The van der Waals surface area contributed by atoms with E-state index in [1.165, 1.54) is 57.8 Å². The first kappa shape index (κ1) is 21.2. The molecule has 0 N–H and O–H groups in total. The van der Waals surface area contributed by atoms with Crippen LogP contribution in [0.3, 0.4) is 0 Å². The van der Waals surface area contributed by atoms with E-state index in [0.717, 1.165) is 29.6 Å². The fraction of sp³-hybridized carbons (Fsp3) is 0.852. The molecule has 0 spiro atoms. The maximum absolute atomic E-state index is 2.68. The molecule has 27 heavy (non-hydrogen) atoms. The number of hydrogen-bond donors (Lipinski definition) is 0. The van der Waals surface area contributed by atoms with E-state index in [0.29, 0.717) is 10.8 Å². The van der Waals surface area contributed by atoms with Gasteiger partial charge in [-0.25, -0.2) is 0 Å². The zero-order valence-corrected chi connectivity index (χ0v) is 19.4. The van der Waals surface area contributed by atoms with Gasteiger partial charge in [0, 0.05) is 0 Å². The van der Waals surface area contributed by atoms with Gasteiger partial charge < -0.3 is 0 Å². The summed E-state index contributed by atoms with van der Waals surface area (Å²) in [5, 5.41) is 0. The lowest BCUT2D eigenvalue weighted by molar-refractivity contribution is -0.0479. The van der Waals surface area contributed by atoms with Crippen LogP contribution in [-0.4, -0.2) is 0 Å². The van der Waals surface area contributed by atoms with Crippen molar-refractivity contribution < 1.29 is 0 Å². The first-order valence-electron chi connectivity index (χ1n) is 12.3. The molecule has 0 aliphatic heterocycles. The zero-order chi connectivity index (χ0) is 19.8. The van der Waals surface area contributed by atoms with Gasteiger partial charge in [-0.3, -0.25) is 0 Å². The topological polar surface area (TPSA) is 0 Å². The molecule has 4 aliphatic carbocycles. The van der Waals surface area contributed by atoms with E-state index < -0.39 is 0 Å². The summed E-state index contributed by atoms with van der Waals surface area (Å²) in [4.78, 5) is 0. The molecule has 0 aromatic rings. The van der Waals surface area contributed by atoms with Crippen molar-refractivity contribution >= 4 is 0 Å². The van der Waals surface area contributed by atoms with Crippen molar-refractivity contribution in [3.05, 3.63) is 23.3 Å². The van der Waals surface area contributed by atoms with E-state index in [-0.39, 0.29) is 0 Å². The van der Waals surface area contributed by atoms with Crippen LogP contribution in [0.4, 0.5) is 0 Å². The fourth-order valence-electron chi connectivity index (χ4n) is 8.11. The zero-order valence-electron chi connectivity index (χ0n) is 19.4. The van der Waals surface area contributed by atoms with Crippen LogP contribution in [0.2, 0.25) is 0 Å². The summed E-state index contributed by atoms with van der Waals surface area (Å²) in [6, 6.07) is 0. The van der Waals surface area contributed by atoms with Crippen LogP contribution < -0.4 is 0 Å². The van der Waals surface area contributed by atoms with Gasteiger partial charge in [-0.15, -0.1) is 0 Å². The number of hydrogen-bond acceptors (Lipinski definition) is 0. The Kier molecular flexibility index (Phi) is 6.34. The van der Waals surface area contributed by atoms with Crippen LogP contribution in [0.1, 0.15) is 106 Å². The summed E-state index contributed by atoms with van der Waals surface area (Å²) < 4.78 is 0. The Morgan fingerprint density at radius 2 is 1.78 bits per heavy atom. The molecule has 0 radical (unpaired) electrons. The van der Waals surface area contributed by atoms with Crippen LogP contribution in [0.25, 0.3) is 0 Å². The predicted molar refractivity (Wildman–Crippen MR) is 120 cm³/mol. The molecular formula is C27H46. The molecule has 7 unspecified atom stereocenters. The molecule has 0 heterocycles. The molecular weight excluding hydrogens is 324 g/mol. The van der Waals surface area contributed by atoms with Gasteiger partial charge in [0.15, 0.2) is 0 Å². The van der Waals surface area contributed by atoms with Gasteiger partial charge in [0.25, 0.3) is 0 Å². The van der Waals surface area contributed by atoms with Gasteiger partial charge in [-0.2, -0.15) is 0 Å². The van der Waals surface area contributed by atoms with Gasteiger partial charge in [-0.1, -0.05) is 64.8 Å². The van der Waals surface area contributed by atoms with E-state index in [1.54, 1.807) is 5.57 Å². The quantitative estimate of drug-likeness (QED) is 0.427. The lowest BCUT2D eigenvalue weighted by Gasteiger charge is -2.58. The normalized spacial score (nSPS) is 46.4. The summed E-state index contributed by atoms with van der Waals surface area (Å²) in [5.41, 5.74) is 4.70. The number of fused-ring (bicyclic) bond motifs is 5. The molecule has 0 saturated heterocycles. The van der Waals surface area contributed by atoms with E-state index in [4.69, 9.17) is 0 Å². The average molecular weight is 371 g/mol. The second kappa shape index (κ2) is 8.08. The van der Waals surface area contributed by atoms with Crippen molar-refractivity contribution in [2.75, 3.05) is 0 Å². The molecule has 7 atom stereocenters. The highest BCUT2D eigenvalue weighted by Crippen LogP contribution is 2.67. The SMILES string of the molecule is CC.CC/C=C(\C)C1CCC2C3CCC4=CC(C)CCC4(C)C3CCC12C. The second-order valence-corrected chi connectivity index (χ2v) is 10.6. The largest absolute Gasteiger partial charge is 0.0856 e. The highest BCUT2D eigenvalue weighted by atomic mass is 14.6. The second-order valence-electron chi connectivity index (χ2n) is 10.6.